The first-order valence-corrected chi connectivity index (χ1v) is 8.96. The van der Waals surface area contributed by atoms with E-state index in [0.29, 0.717) is 35.1 Å². The van der Waals surface area contributed by atoms with Crippen LogP contribution in [0.15, 0.2) is 30.6 Å². The highest BCUT2D eigenvalue weighted by molar-refractivity contribution is 6.32. The first-order chi connectivity index (χ1) is 13.0. The van der Waals surface area contributed by atoms with Crippen molar-refractivity contribution < 1.29 is 0 Å². The van der Waals surface area contributed by atoms with Gasteiger partial charge in [0, 0.05) is 43.4 Å². The molecule has 1 aliphatic rings. The summed E-state index contributed by atoms with van der Waals surface area (Å²) in [4.78, 5) is 3.63. The van der Waals surface area contributed by atoms with Crippen molar-refractivity contribution in [1.82, 2.24) is 4.90 Å². The standard InChI is InChI=1S/C19H24ClN7/c1-26(12-24)19(25)13-5-8-27(9-6-13)18-15(14(10-22)4-7-21)2-3-17(20)16(18)11-23/h2-4,7,10,12-13,24-25H,5-6,8-9,21-22H2,1H3/b7-4-,14-10+,24-12?,25-19?. The highest BCUT2D eigenvalue weighted by Gasteiger charge is 2.28. The number of hydrogen-bond donors (Lipinski definition) is 4. The van der Waals surface area contributed by atoms with Crippen LogP contribution in [0.1, 0.15) is 24.0 Å². The molecule has 0 unspecified atom stereocenters. The van der Waals surface area contributed by atoms with Crippen molar-refractivity contribution in [2.75, 3.05) is 25.0 Å². The van der Waals surface area contributed by atoms with E-state index < -0.39 is 0 Å². The number of nitrogens with one attached hydrogen (secondary N) is 2. The molecule has 0 bridgehead atoms. The average molecular weight is 386 g/mol. The number of rotatable bonds is 5. The Hall–Kier alpha value is -2.98. The van der Waals surface area contributed by atoms with Gasteiger partial charge in [0.15, 0.2) is 0 Å². The van der Waals surface area contributed by atoms with Crippen molar-refractivity contribution >= 4 is 35.0 Å². The van der Waals surface area contributed by atoms with Crippen molar-refractivity contribution in [1.29, 1.82) is 16.1 Å². The summed E-state index contributed by atoms with van der Waals surface area (Å²) in [6, 6.07) is 5.74. The molecular formula is C19H24ClN7. The number of benzene rings is 1. The lowest BCUT2D eigenvalue weighted by Gasteiger charge is -2.36. The van der Waals surface area contributed by atoms with Crippen LogP contribution in [0.2, 0.25) is 5.02 Å². The Morgan fingerprint density at radius 2 is 2.04 bits per heavy atom. The highest BCUT2D eigenvalue weighted by atomic mass is 35.5. The SMILES string of the molecule is CN(C=N)C(=N)C1CCN(c2c(C(/C=C\N)=C/N)ccc(Cl)c2C#N)CC1. The normalized spacial score (nSPS) is 15.6. The van der Waals surface area contributed by atoms with Crippen molar-refractivity contribution in [3.63, 3.8) is 0 Å². The van der Waals surface area contributed by atoms with Gasteiger partial charge in [0.1, 0.15) is 11.9 Å². The second kappa shape index (κ2) is 9.10. The van der Waals surface area contributed by atoms with Crippen molar-refractivity contribution in [2.45, 2.75) is 12.8 Å². The third-order valence-electron chi connectivity index (χ3n) is 4.78. The van der Waals surface area contributed by atoms with Gasteiger partial charge in [-0.05, 0) is 31.2 Å². The van der Waals surface area contributed by atoms with Gasteiger partial charge in [-0.3, -0.25) is 10.8 Å². The number of amidine groups is 1. The van der Waals surface area contributed by atoms with Gasteiger partial charge in [0.05, 0.1) is 22.6 Å². The Kier molecular flexibility index (Phi) is 6.85. The van der Waals surface area contributed by atoms with Crippen molar-refractivity contribution in [2.24, 2.45) is 17.4 Å². The summed E-state index contributed by atoms with van der Waals surface area (Å²) in [5.41, 5.74) is 14.0. The second-order valence-electron chi connectivity index (χ2n) is 6.30. The minimum atomic E-state index is 0.0782. The Morgan fingerprint density at radius 3 is 2.56 bits per heavy atom. The average Bonchev–Trinajstić information content (AvgIpc) is 2.70. The summed E-state index contributed by atoms with van der Waals surface area (Å²) < 4.78 is 0. The summed E-state index contributed by atoms with van der Waals surface area (Å²) in [6.45, 7) is 1.34. The molecule has 0 saturated carbocycles. The molecule has 1 aromatic rings. The number of allylic oxidation sites excluding steroid dienone is 2. The monoisotopic (exact) mass is 385 g/mol. The predicted octanol–water partition coefficient (Wildman–Crippen LogP) is 2.72. The van der Waals surface area contributed by atoms with E-state index in [1.807, 2.05) is 6.07 Å². The van der Waals surface area contributed by atoms with Crippen LogP contribution in [0.25, 0.3) is 5.57 Å². The molecule has 1 saturated heterocycles. The topological polar surface area (TPSA) is 130 Å². The number of nitrogens with zero attached hydrogens (tertiary/aromatic N) is 3. The molecule has 0 spiro atoms. The molecule has 142 valence electrons. The number of nitrogens with two attached hydrogens (primary N) is 2. The zero-order valence-corrected chi connectivity index (χ0v) is 16.0. The minimum Gasteiger partial charge on any atom is -0.405 e. The largest absolute Gasteiger partial charge is 0.405 e. The molecular weight excluding hydrogens is 362 g/mol. The summed E-state index contributed by atoms with van der Waals surface area (Å²) in [6.07, 6.45) is 7.21. The van der Waals surface area contributed by atoms with E-state index in [0.717, 1.165) is 30.4 Å². The summed E-state index contributed by atoms with van der Waals surface area (Å²) >= 11 is 6.28. The van der Waals surface area contributed by atoms with Crippen molar-refractivity contribution in [3.8, 4) is 6.07 Å². The lowest BCUT2D eigenvalue weighted by Crippen LogP contribution is -2.41. The van der Waals surface area contributed by atoms with Gasteiger partial charge in [-0.25, -0.2) is 0 Å². The van der Waals surface area contributed by atoms with E-state index in [9.17, 15) is 5.26 Å². The van der Waals surface area contributed by atoms with E-state index in [2.05, 4.69) is 11.0 Å². The predicted molar refractivity (Wildman–Crippen MR) is 111 cm³/mol. The maximum atomic E-state index is 9.66. The van der Waals surface area contributed by atoms with Gasteiger partial charge in [-0.15, -0.1) is 0 Å². The van der Waals surface area contributed by atoms with Crippen LogP contribution >= 0.6 is 11.6 Å². The molecule has 0 radical (unpaired) electrons. The van der Waals surface area contributed by atoms with Gasteiger partial charge in [0.25, 0.3) is 0 Å². The molecule has 27 heavy (non-hydrogen) atoms. The van der Waals surface area contributed by atoms with E-state index in [4.69, 9.17) is 33.9 Å². The lowest BCUT2D eigenvalue weighted by molar-refractivity contribution is 0.472. The Morgan fingerprint density at radius 1 is 1.37 bits per heavy atom. The van der Waals surface area contributed by atoms with Crippen LogP contribution < -0.4 is 16.4 Å². The van der Waals surface area contributed by atoms with Gasteiger partial charge in [0.2, 0.25) is 0 Å². The molecule has 6 N–H and O–H groups in total. The van der Waals surface area contributed by atoms with Gasteiger partial charge >= 0.3 is 0 Å². The zero-order valence-electron chi connectivity index (χ0n) is 15.2. The smallest absolute Gasteiger partial charge is 0.104 e. The van der Waals surface area contributed by atoms with Crippen LogP contribution in [0, 0.1) is 28.1 Å². The molecule has 0 amide bonds. The molecule has 0 atom stereocenters. The maximum absolute atomic E-state index is 9.66. The van der Waals surface area contributed by atoms with Crippen LogP contribution in [0.5, 0.6) is 0 Å². The summed E-state index contributed by atoms with van der Waals surface area (Å²) in [7, 11) is 1.71. The molecule has 0 aliphatic carbocycles. The molecule has 1 heterocycles. The van der Waals surface area contributed by atoms with Gasteiger partial charge in [-0.1, -0.05) is 17.7 Å². The Balaban J connectivity index is 2.38. The number of anilines is 1. The number of nitriles is 1. The molecule has 1 aromatic carbocycles. The van der Waals surface area contributed by atoms with E-state index in [-0.39, 0.29) is 5.92 Å². The van der Waals surface area contributed by atoms with Gasteiger partial charge < -0.3 is 21.3 Å². The van der Waals surface area contributed by atoms with E-state index in [1.54, 1.807) is 19.2 Å². The Labute approximate surface area is 164 Å². The molecule has 1 fully saturated rings. The second-order valence-corrected chi connectivity index (χ2v) is 6.71. The number of piperidine rings is 1. The molecule has 0 aromatic heterocycles. The first kappa shape index (κ1) is 20.3. The number of halogens is 1. The fourth-order valence-corrected chi connectivity index (χ4v) is 3.50. The molecule has 8 heteroatoms. The highest BCUT2D eigenvalue weighted by Crippen LogP contribution is 2.37. The van der Waals surface area contributed by atoms with E-state index in [1.165, 1.54) is 17.3 Å². The number of hydrogen-bond acceptors (Lipinski definition) is 6. The lowest BCUT2D eigenvalue weighted by atomic mass is 9.92. The first-order valence-electron chi connectivity index (χ1n) is 8.58. The van der Waals surface area contributed by atoms with Crippen LogP contribution in [0.4, 0.5) is 5.69 Å². The maximum Gasteiger partial charge on any atom is 0.104 e. The van der Waals surface area contributed by atoms with E-state index >= 15 is 0 Å². The molecule has 1 aliphatic heterocycles. The molecule has 7 nitrogen and oxygen atoms in total. The zero-order chi connectivity index (χ0) is 20.0. The van der Waals surface area contributed by atoms with Crippen molar-refractivity contribution in [3.05, 3.63) is 46.8 Å². The quantitative estimate of drug-likeness (QED) is 0.351. The third kappa shape index (κ3) is 4.23. The van der Waals surface area contributed by atoms with Gasteiger partial charge in [-0.2, -0.15) is 5.26 Å². The van der Waals surface area contributed by atoms with Crippen LogP contribution in [0.3, 0.4) is 0 Å². The van der Waals surface area contributed by atoms with Crippen LogP contribution in [-0.2, 0) is 0 Å². The third-order valence-corrected chi connectivity index (χ3v) is 5.09. The molecule has 2 rings (SSSR count). The Bertz CT molecular complexity index is 814. The fourth-order valence-electron chi connectivity index (χ4n) is 3.31. The van der Waals surface area contributed by atoms with Crippen LogP contribution in [-0.4, -0.2) is 37.2 Å². The minimum absolute atomic E-state index is 0.0782. The summed E-state index contributed by atoms with van der Waals surface area (Å²) in [5, 5.41) is 25.6. The summed E-state index contributed by atoms with van der Waals surface area (Å²) in [5.74, 6) is 0.513. The fraction of sp³-hybridized carbons (Fsp3) is 0.316.